The minimum Gasteiger partial charge on any atom is -0.469 e. The van der Waals surface area contributed by atoms with Gasteiger partial charge in [0, 0.05) is 19.2 Å². The van der Waals surface area contributed by atoms with Crippen molar-refractivity contribution in [3.05, 3.63) is 30.2 Å². The van der Waals surface area contributed by atoms with E-state index in [1.54, 1.807) is 29.4 Å². The number of aromatic amines is 1. The summed E-state index contributed by atoms with van der Waals surface area (Å²) >= 11 is 0. The number of aromatic nitrogens is 2. The fraction of sp³-hybridized carbons (Fsp3) is 0.400. The fourth-order valence-electron chi connectivity index (χ4n) is 2.64. The highest BCUT2D eigenvalue weighted by Gasteiger charge is 2.29. The van der Waals surface area contributed by atoms with E-state index < -0.39 is 0 Å². The number of furan rings is 1. The molecular weight excluding hydrogens is 286 g/mol. The molecule has 1 N–H and O–H groups in total. The maximum absolute atomic E-state index is 12.4. The molecule has 7 nitrogen and oxygen atoms in total. The zero-order valence-corrected chi connectivity index (χ0v) is 12.2. The highest BCUT2D eigenvalue weighted by Crippen LogP contribution is 2.22. The van der Waals surface area contributed by atoms with Gasteiger partial charge in [0.05, 0.1) is 19.3 Å². The lowest BCUT2D eigenvalue weighted by atomic mass is 9.97. The third-order valence-electron chi connectivity index (χ3n) is 3.90. The zero-order chi connectivity index (χ0) is 15.5. The quantitative estimate of drug-likeness (QED) is 0.872. The van der Waals surface area contributed by atoms with Gasteiger partial charge >= 0.3 is 5.97 Å². The first-order valence-corrected chi connectivity index (χ1v) is 7.15. The molecule has 0 aliphatic carbocycles. The molecule has 0 radical (unpaired) electrons. The fourth-order valence-corrected chi connectivity index (χ4v) is 2.64. The molecule has 1 aliphatic heterocycles. The molecule has 1 amide bonds. The number of amides is 1. The van der Waals surface area contributed by atoms with Crippen molar-refractivity contribution in [1.82, 2.24) is 15.1 Å². The Kier molecular flexibility index (Phi) is 3.95. The number of ether oxygens (including phenoxy) is 1. The van der Waals surface area contributed by atoms with Crippen LogP contribution in [0.2, 0.25) is 0 Å². The Hall–Kier alpha value is -2.57. The van der Waals surface area contributed by atoms with Gasteiger partial charge in [0.1, 0.15) is 5.69 Å². The molecule has 1 saturated heterocycles. The number of piperidine rings is 1. The monoisotopic (exact) mass is 303 g/mol. The van der Waals surface area contributed by atoms with Crippen molar-refractivity contribution in [1.29, 1.82) is 0 Å². The number of methoxy groups -OCH3 is 1. The summed E-state index contributed by atoms with van der Waals surface area (Å²) in [6.45, 7) is 1.06. The average molecular weight is 303 g/mol. The van der Waals surface area contributed by atoms with Crippen molar-refractivity contribution >= 4 is 11.9 Å². The molecule has 0 spiro atoms. The lowest BCUT2D eigenvalue weighted by Gasteiger charge is -2.30. The summed E-state index contributed by atoms with van der Waals surface area (Å²) in [4.78, 5) is 25.6. The minimum absolute atomic E-state index is 0.119. The number of hydrogen-bond donors (Lipinski definition) is 1. The highest BCUT2D eigenvalue weighted by molar-refractivity contribution is 5.93. The second-order valence-corrected chi connectivity index (χ2v) is 5.23. The summed E-state index contributed by atoms with van der Waals surface area (Å²) in [5.74, 6) is 0.173. The SMILES string of the molecule is COC(=O)C1CCN(C(=O)c2cc(-c3ccco3)[nH]n2)CC1. The molecule has 7 heteroatoms. The summed E-state index contributed by atoms with van der Waals surface area (Å²) in [5.41, 5.74) is 1.01. The van der Waals surface area contributed by atoms with Crippen LogP contribution in [0.15, 0.2) is 28.9 Å². The second-order valence-electron chi connectivity index (χ2n) is 5.23. The number of likely N-dealkylation sites (tertiary alicyclic amines) is 1. The van der Waals surface area contributed by atoms with E-state index in [4.69, 9.17) is 9.15 Å². The number of carbonyl (C=O) groups is 2. The number of rotatable bonds is 3. The van der Waals surface area contributed by atoms with Gasteiger partial charge in [-0.15, -0.1) is 0 Å². The van der Waals surface area contributed by atoms with E-state index in [0.29, 0.717) is 43.1 Å². The van der Waals surface area contributed by atoms with Crippen molar-refractivity contribution in [3.63, 3.8) is 0 Å². The van der Waals surface area contributed by atoms with E-state index in [9.17, 15) is 9.59 Å². The largest absolute Gasteiger partial charge is 0.469 e. The van der Waals surface area contributed by atoms with E-state index >= 15 is 0 Å². The molecule has 2 aromatic rings. The molecule has 0 atom stereocenters. The first-order valence-electron chi connectivity index (χ1n) is 7.15. The zero-order valence-electron chi connectivity index (χ0n) is 12.2. The predicted molar refractivity (Wildman–Crippen MR) is 76.9 cm³/mol. The third-order valence-corrected chi connectivity index (χ3v) is 3.90. The van der Waals surface area contributed by atoms with Gasteiger partial charge in [-0.3, -0.25) is 14.7 Å². The van der Waals surface area contributed by atoms with Crippen LogP contribution in [0.3, 0.4) is 0 Å². The van der Waals surface area contributed by atoms with Gasteiger partial charge in [-0.2, -0.15) is 5.10 Å². The van der Waals surface area contributed by atoms with Gasteiger partial charge in [0.2, 0.25) is 0 Å². The smallest absolute Gasteiger partial charge is 0.308 e. The van der Waals surface area contributed by atoms with Gasteiger partial charge in [-0.05, 0) is 25.0 Å². The van der Waals surface area contributed by atoms with E-state index in [-0.39, 0.29) is 17.8 Å². The summed E-state index contributed by atoms with van der Waals surface area (Å²) in [7, 11) is 1.39. The first-order chi connectivity index (χ1) is 10.7. The summed E-state index contributed by atoms with van der Waals surface area (Å²) in [5, 5.41) is 6.85. The normalized spacial score (nSPS) is 15.8. The van der Waals surface area contributed by atoms with E-state index in [0.717, 1.165) is 0 Å². The summed E-state index contributed by atoms with van der Waals surface area (Å²) < 4.78 is 10.0. The summed E-state index contributed by atoms with van der Waals surface area (Å²) in [6.07, 6.45) is 2.80. The van der Waals surface area contributed by atoms with E-state index in [1.165, 1.54) is 7.11 Å². The van der Waals surface area contributed by atoms with Crippen molar-refractivity contribution in [2.45, 2.75) is 12.8 Å². The van der Waals surface area contributed by atoms with Crippen LogP contribution >= 0.6 is 0 Å². The van der Waals surface area contributed by atoms with Crippen LogP contribution in [-0.4, -0.2) is 47.2 Å². The number of esters is 1. The second kappa shape index (κ2) is 6.05. The van der Waals surface area contributed by atoms with Gasteiger partial charge in [0.15, 0.2) is 11.5 Å². The van der Waals surface area contributed by atoms with Crippen LogP contribution in [0.4, 0.5) is 0 Å². The molecule has 1 fully saturated rings. The Morgan fingerprint density at radius 1 is 1.41 bits per heavy atom. The number of carbonyl (C=O) groups excluding carboxylic acids is 2. The molecule has 1 aliphatic rings. The Balaban J connectivity index is 1.64. The van der Waals surface area contributed by atoms with Crippen LogP contribution in [0, 0.1) is 5.92 Å². The Labute approximate surface area is 127 Å². The highest BCUT2D eigenvalue weighted by atomic mass is 16.5. The molecule has 0 bridgehead atoms. The van der Waals surface area contributed by atoms with Crippen LogP contribution in [-0.2, 0) is 9.53 Å². The minimum atomic E-state index is -0.202. The summed E-state index contributed by atoms with van der Waals surface area (Å²) in [6, 6.07) is 5.24. The van der Waals surface area contributed by atoms with Crippen LogP contribution in [0.5, 0.6) is 0 Å². The van der Waals surface area contributed by atoms with Gasteiger partial charge in [0.25, 0.3) is 5.91 Å². The molecule has 22 heavy (non-hydrogen) atoms. The Morgan fingerprint density at radius 3 is 2.82 bits per heavy atom. The van der Waals surface area contributed by atoms with Crippen molar-refractivity contribution in [2.75, 3.05) is 20.2 Å². The maximum Gasteiger partial charge on any atom is 0.308 e. The molecule has 0 unspecified atom stereocenters. The molecular formula is C15H17N3O4. The predicted octanol–water partition coefficient (Wildman–Crippen LogP) is 1.69. The molecule has 3 rings (SSSR count). The standard InChI is InChI=1S/C15H17N3O4/c1-21-15(20)10-4-6-18(7-5-10)14(19)12-9-11(16-17-12)13-3-2-8-22-13/h2-3,8-10H,4-7H2,1H3,(H,16,17). The number of hydrogen-bond acceptors (Lipinski definition) is 5. The van der Waals surface area contributed by atoms with Crippen molar-refractivity contribution in [2.24, 2.45) is 5.92 Å². The van der Waals surface area contributed by atoms with Crippen LogP contribution in [0.1, 0.15) is 23.3 Å². The Bertz CT molecular complexity index is 654. The molecule has 2 aromatic heterocycles. The lowest BCUT2D eigenvalue weighted by Crippen LogP contribution is -2.40. The Morgan fingerprint density at radius 2 is 2.18 bits per heavy atom. The van der Waals surface area contributed by atoms with Crippen molar-refractivity contribution < 1.29 is 18.7 Å². The van der Waals surface area contributed by atoms with E-state index in [2.05, 4.69) is 10.2 Å². The van der Waals surface area contributed by atoms with Crippen LogP contribution < -0.4 is 0 Å². The topological polar surface area (TPSA) is 88.4 Å². The third kappa shape index (κ3) is 2.74. The number of nitrogens with one attached hydrogen (secondary N) is 1. The van der Waals surface area contributed by atoms with E-state index in [1.807, 2.05) is 0 Å². The number of H-pyrrole nitrogens is 1. The maximum atomic E-state index is 12.4. The van der Waals surface area contributed by atoms with Gasteiger partial charge in [-0.25, -0.2) is 0 Å². The van der Waals surface area contributed by atoms with Crippen LogP contribution in [0.25, 0.3) is 11.5 Å². The van der Waals surface area contributed by atoms with Crippen molar-refractivity contribution in [3.8, 4) is 11.5 Å². The molecule has 0 saturated carbocycles. The van der Waals surface area contributed by atoms with Gasteiger partial charge in [-0.1, -0.05) is 0 Å². The molecule has 116 valence electrons. The molecule has 3 heterocycles. The number of nitrogens with zero attached hydrogens (tertiary/aromatic N) is 2. The average Bonchev–Trinajstić information content (AvgIpc) is 3.24. The first kappa shape index (κ1) is 14.4. The lowest BCUT2D eigenvalue weighted by molar-refractivity contribution is -0.146. The van der Waals surface area contributed by atoms with Gasteiger partial charge < -0.3 is 14.1 Å². The molecule has 0 aromatic carbocycles.